The molecule has 1 atom stereocenters. The number of likely N-dealkylation sites (N-methyl/N-ethyl adjacent to an activating group) is 1. The molecule has 0 unspecified atom stereocenters. The van der Waals surface area contributed by atoms with Crippen LogP contribution in [0.25, 0.3) is 0 Å². The number of hydrogen-bond acceptors (Lipinski definition) is 3. The molecular formula is C12H21ClN2OS. The van der Waals surface area contributed by atoms with Gasteiger partial charge < -0.3 is 10.6 Å². The van der Waals surface area contributed by atoms with Crippen LogP contribution in [0.15, 0.2) is 12.1 Å². The number of rotatable bonds is 6. The maximum Gasteiger partial charge on any atom is 0.225 e. The van der Waals surface area contributed by atoms with Crippen molar-refractivity contribution in [2.45, 2.75) is 33.2 Å². The van der Waals surface area contributed by atoms with Crippen molar-refractivity contribution in [3.63, 3.8) is 0 Å². The van der Waals surface area contributed by atoms with Crippen molar-refractivity contribution in [3.8, 4) is 0 Å². The normalized spacial score (nSPS) is 11.7. The van der Waals surface area contributed by atoms with E-state index in [1.54, 1.807) is 11.3 Å². The smallest absolute Gasteiger partial charge is 0.225 e. The van der Waals surface area contributed by atoms with Gasteiger partial charge in [0.2, 0.25) is 5.91 Å². The van der Waals surface area contributed by atoms with E-state index >= 15 is 0 Å². The number of carbonyl (C=O) groups is 1. The Morgan fingerprint density at radius 2 is 2.18 bits per heavy atom. The van der Waals surface area contributed by atoms with E-state index in [-0.39, 0.29) is 18.3 Å². The van der Waals surface area contributed by atoms with Crippen LogP contribution < -0.4 is 10.6 Å². The predicted molar refractivity (Wildman–Crippen MR) is 76.2 cm³/mol. The minimum atomic E-state index is 0. The second kappa shape index (κ2) is 8.50. The lowest BCUT2D eigenvalue weighted by molar-refractivity contribution is -0.120. The van der Waals surface area contributed by atoms with Crippen molar-refractivity contribution in [1.82, 2.24) is 10.6 Å². The first-order valence-electron chi connectivity index (χ1n) is 5.67. The predicted octanol–water partition coefficient (Wildman–Crippen LogP) is 2.14. The van der Waals surface area contributed by atoms with E-state index in [1.165, 1.54) is 4.88 Å². The highest BCUT2D eigenvalue weighted by molar-refractivity contribution is 7.12. The van der Waals surface area contributed by atoms with E-state index in [9.17, 15) is 4.79 Å². The summed E-state index contributed by atoms with van der Waals surface area (Å²) in [6.45, 7) is 7.81. The van der Waals surface area contributed by atoms with Crippen LogP contribution >= 0.6 is 23.7 Å². The molecule has 1 heterocycles. The van der Waals surface area contributed by atoms with E-state index in [0.717, 1.165) is 11.4 Å². The molecule has 1 aromatic heterocycles. The molecule has 3 nitrogen and oxygen atoms in total. The molecule has 0 aliphatic heterocycles. The minimum absolute atomic E-state index is 0. The summed E-state index contributed by atoms with van der Waals surface area (Å²) in [6.07, 6.45) is 0.497. The van der Waals surface area contributed by atoms with Crippen molar-refractivity contribution >= 4 is 29.7 Å². The molecule has 0 aliphatic rings. The average Bonchev–Trinajstić information content (AvgIpc) is 2.61. The van der Waals surface area contributed by atoms with E-state index in [2.05, 4.69) is 37.5 Å². The largest absolute Gasteiger partial charge is 0.354 e. The number of hydrogen-bond donors (Lipinski definition) is 2. The van der Waals surface area contributed by atoms with Crippen LogP contribution in [-0.2, 0) is 11.2 Å². The Morgan fingerprint density at radius 1 is 1.47 bits per heavy atom. The molecule has 0 spiro atoms. The number of carbonyl (C=O) groups excluding carboxylic acids is 1. The van der Waals surface area contributed by atoms with E-state index < -0.39 is 0 Å². The highest BCUT2D eigenvalue weighted by Crippen LogP contribution is 2.15. The Balaban J connectivity index is 0.00000256. The molecule has 0 fully saturated rings. The molecule has 17 heavy (non-hydrogen) atoms. The third kappa shape index (κ3) is 6.66. The molecule has 0 radical (unpaired) electrons. The number of nitrogens with one attached hydrogen (secondary N) is 2. The molecule has 5 heteroatoms. The van der Waals surface area contributed by atoms with Crippen LogP contribution in [0.1, 0.15) is 23.6 Å². The average molecular weight is 277 g/mol. The Hall–Kier alpha value is -0.580. The van der Waals surface area contributed by atoms with Gasteiger partial charge in [-0.05, 0) is 32.5 Å². The summed E-state index contributed by atoms with van der Waals surface area (Å²) in [5.74, 6) is 0.103. The van der Waals surface area contributed by atoms with Crippen molar-refractivity contribution in [1.29, 1.82) is 0 Å². The highest BCUT2D eigenvalue weighted by atomic mass is 35.5. The van der Waals surface area contributed by atoms with Gasteiger partial charge in [-0.1, -0.05) is 6.92 Å². The summed E-state index contributed by atoms with van der Waals surface area (Å²) >= 11 is 1.68. The molecule has 0 aliphatic carbocycles. The van der Waals surface area contributed by atoms with Crippen LogP contribution in [0.3, 0.4) is 0 Å². The van der Waals surface area contributed by atoms with Crippen LogP contribution in [0, 0.1) is 6.92 Å². The van der Waals surface area contributed by atoms with Gasteiger partial charge in [0.05, 0.1) is 6.42 Å². The first-order valence-corrected chi connectivity index (χ1v) is 6.49. The lowest BCUT2D eigenvalue weighted by atomic mass is 10.3. The summed E-state index contributed by atoms with van der Waals surface area (Å²) in [6, 6.07) is 4.40. The Labute approximate surface area is 113 Å². The van der Waals surface area contributed by atoms with Crippen LogP contribution in [0.5, 0.6) is 0 Å². The summed E-state index contributed by atoms with van der Waals surface area (Å²) in [5, 5.41) is 6.19. The number of halogens is 1. The van der Waals surface area contributed by atoms with Gasteiger partial charge >= 0.3 is 0 Å². The molecule has 1 amide bonds. The monoisotopic (exact) mass is 276 g/mol. The lowest BCUT2D eigenvalue weighted by Gasteiger charge is -2.12. The number of aryl methyl sites for hydroxylation is 1. The molecule has 0 saturated carbocycles. The van der Waals surface area contributed by atoms with Gasteiger partial charge in [-0.25, -0.2) is 0 Å². The fraction of sp³-hybridized carbons (Fsp3) is 0.583. The van der Waals surface area contributed by atoms with Crippen molar-refractivity contribution in [2.75, 3.05) is 13.1 Å². The second-order valence-electron chi connectivity index (χ2n) is 3.95. The van der Waals surface area contributed by atoms with Gasteiger partial charge in [-0.2, -0.15) is 0 Å². The molecule has 2 N–H and O–H groups in total. The zero-order chi connectivity index (χ0) is 12.0. The summed E-state index contributed by atoms with van der Waals surface area (Å²) in [4.78, 5) is 14.0. The lowest BCUT2D eigenvalue weighted by Crippen LogP contribution is -2.39. The minimum Gasteiger partial charge on any atom is -0.354 e. The van der Waals surface area contributed by atoms with Gasteiger partial charge in [0.25, 0.3) is 0 Å². The second-order valence-corrected chi connectivity index (χ2v) is 5.32. The summed E-state index contributed by atoms with van der Waals surface area (Å²) in [7, 11) is 0. The van der Waals surface area contributed by atoms with E-state index in [0.29, 0.717) is 19.0 Å². The van der Waals surface area contributed by atoms with Gasteiger partial charge in [0.15, 0.2) is 0 Å². The van der Waals surface area contributed by atoms with Crippen molar-refractivity contribution in [2.24, 2.45) is 0 Å². The first-order chi connectivity index (χ1) is 7.61. The fourth-order valence-corrected chi connectivity index (χ4v) is 2.38. The fourth-order valence-electron chi connectivity index (χ4n) is 1.49. The Bertz CT molecular complexity index is 341. The number of thiophene rings is 1. The first kappa shape index (κ1) is 16.4. The standard InChI is InChI=1S/C12H20N2OS.ClH/c1-4-13-9(2)8-14-12(15)7-11-6-5-10(3)16-11;/h5-6,9,13H,4,7-8H2,1-3H3,(H,14,15);1H/t9-;/m1./s1. The molecule has 1 aromatic rings. The van der Waals surface area contributed by atoms with Crippen LogP contribution in [-0.4, -0.2) is 25.0 Å². The third-order valence-electron chi connectivity index (χ3n) is 2.29. The van der Waals surface area contributed by atoms with Gasteiger partial charge in [0, 0.05) is 22.3 Å². The SMILES string of the molecule is CCN[C@H](C)CNC(=O)Cc1ccc(C)s1.Cl. The van der Waals surface area contributed by atoms with Crippen molar-refractivity contribution in [3.05, 3.63) is 21.9 Å². The Kier molecular flexibility index (Phi) is 8.21. The zero-order valence-corrected chi connectivity index (χ0v) is 12.2. The highest BCUT2D eigenvalue weighted by Gasteiger charge is 2.06. The maximum atomic E-state index is 11.6. The van der Waals surface area contributed by atoms with Crippen LogP contribution in [0.2, 0.25) is 0 Å². The van der Waals surface area contributed by atoms with Gasteiger partial charge in [0.1, 0.15) is 0 Å². The topological polar surface area (TPSA) is 41.1 Å². The quantitative estimate of drug-likeness (QED) is 0.836. The maximum absolute atomic E-state index is 11.6. The molecule has 0 bridgehead atoms. The molecule has 0 saturated heterocycles. The Morgan fingerprint density at radius 3 is 2.71 bits per heavy atom. The van der Waals surface area contributed by atoms with Gasteiger partial charge in [-0.3, -0.25) is 4.79 Å². The number of amides is 1. The van der Waals surface area contributed by atoms with E-state index in [1.807, 2.05) is 6.07 Å². The summed E-state index contributed by atoms with van der Waals surface area (Å²) < 4.78 is 0. The zero-order valence-electron chi connectivity index (χ0n) is 10.6. The van der Waals surface area contributed by atoms with E-state index in [4.69, 9.17) is 0 Å². The molecule has 98 valence electrons. The molecule has 1 rings (SSSR count). The third-order valence-corrected chi connectivity index (χ3v) is 3.29. The molecular weight excluding hydrogens is 256 g/mol. The molecule has 0 aromatic carbocycles. The van der Waals surface area contributed by atoms with Crippen LogP contribution in [0.4, 0.5) is 0 Å². The van der Waals surface area contributed by atoms with Crippen molar-refractivity contribution < 1.29 is 4.79 Å². The van der Waals surface area contributed by atoms with Gasteiger partial charge in [-0.15, -0.1) is 23.7 Å². The summed E-state index contributed by atoms with van der Waals surface area (Å²) in [5.41, 5.74) is 0.